The van der Waals surface area contributed by atoms with Crippen LogP contribution in [-0.4, -0.2) is 21.6 Å². The number of rotatable bonds is 2. The van der Waals surface area contributed by atoms with Crippen LogP contribution in [0.2, 0.25) is 0 Å². The average Bonchev–Trinajstić information content (AvgIpc) is 2.68. The molecule has 1 aromatic heterocycles. The molecule has 5 heteroatoms. The Balaban J connectivity index is 1.40. The van der Waals surface area contributed by atoms with Gasteiger partial charge in [-0.15, -0.1) is 0 Å². The Labute approximate surface area is 163 Å². The fourth-order valence-corrected chi connectivity index (χ4v) is 7.01. The second kappa shape index (κ2) is 5.85. The molecule has 4 bridgehead atoms. The first-order valence-electron chi connectivity index (χ1n) is 10.8. The third-order valence-corrected chi connectivity index (χ3v) is 7.92. The number of amides is 1. The normalized spacial score (nSPS) is 32.6. The summed E-state index contributed by atoms with van der Waals surface area (Å²) in [4.78, 5) is 26.4. The number of pyridine rings is 1. The quantitative estimate of drug-likeness (QED) is 0.843. The molecule has 2 heterocycles. The highest BCUT2D eigenvalue weighted by Gasteiger charge is 2.48. The van der Waals surface area contributed by atoms with Gasteiger partial charge in [0.1, 0.15) is 11.3 Å². The number of aromatic nitrogens is 1. The van der Waals surface area contributed by atoms with Crippen LogP contribution in [0.1, 0.15) is 54.4 Å². The van der Waals surface area contributed by atoms with E-state index in [0.29, 0.717) is 23.8 Å². The number of aromatic hydroxyl groups is 1. The molecule has 2 N–H and O–H groups in total. The van der Waals surface area contributed by atoms with Crippen molar-refractivity contribution in [3.63, 3.8) is 0 Å². The van der Waals surface area contributed by atoms with Gasteiger partial charge in [0.2, 0.25) is 0 Å². The van der Waals surface area contributed by atoms with E-state index in [-0.39, 0.29) is 28.8 Å². The van der Waals surface area contributed by atoms with Crippen molar-refractivity contribution in [2.75, 3.05) is 0 Å². The fraction of sp³-hybridized carbons (Fsp3) is 0.565. The van der Waals surface area contributed by atoms with Crippen LogP contribution in [0.5, 0.6) is 5.75 Å². The van der Waals surface area contributed by atoms with Gasteiger partial charge in [-0.05, 0) is 80.2 Å². The second-order valence-electron chi connectivity index (χ2n) is 9.53. The maximum atomic E-state index is 13.2. The molecule has 7 rings (SSSR count). The Morgan fingerprint density at radius 1 is 1.07 bits per heavy atom. The van der Waals surface area contributed by atoms with Crippen LogP contribution in [0, 0.1) is 23.7 Å². The summed E-state index contributed by atoms with van der Waals surface area (Å²) in [5, 5.41) is 14.7. The van der Waals surface area contributed by atoms with E-state index < -0.39 is 0 Å². The first-order valence-corrected chi connectivity index (χ1v) is 10.8. The molecule has 4 saturated carbocycles. The van der Waals surface area contributed by atoms with E-state index in [1.54, 1.807) is 4.57 Å². The second-order valence-corrected chi connectivity index (χ2v) is 9.53. The molecule has 0 spiro atoms. The predicted molar refractivity (Wildman–Crippen MR) is 106 cm³/mol. The molecular formula is C23H26N2O3. The number of nitrogens with one attached hydrogen (secondary N) is 1. The topological polar surface area (TPSA) is 71.3 Å². The molecule has 0 radical (unpaired) electrons. The molecule has 0 saturated heterocycles. The van der Waals surface area contributed by atoms with E-state index >= 15 is 0 Å². The summed E-state index contributed by atoms with van der Waals surface area (Å²) < 4.78 is 1.69. The number of nitrogens with zero attached hydrogens (tertiary/aromatic N) is 1. The van der Waals surface area contributed by atoms with Gasteiger partial charge in [-0.2, -0.15) is 0 Å². The molecule has 1 aliphatic heterocycles. The van der Waals surface area contributed by atoms with Crippen LogP contribution in [-0.2, 0) is 13.0 Å². The van der Waals surface area contributed by atoms with Gasteiger partial charge in [0.05, 0.1) is 5.52 Å². The highest BCUT2D eigenvalue weighted by atomic mass is 16.3. The summed E-state index contributed by atoms with van der Waals surface area (Å²) in [5.74, 6) is 2.20. The maximum absolute atomic E-state index is 13.2. The van der Waals surface area contributed by atoms with E-state index in [0.717, 1.165) is 35.8 Å². The zero-order chi connectivity index (χ0) is 19.0. The van der Waals surface area contributed by atoms with Gasteiger partial charge >= 0.3 is 0 Å². The van der Waals surface area contributed by atoms with E-state index in [1.165, 1.54) is 32.1 Å². The number of hydrogen-bond donors (Lipinski definition) is 2. The van der Waals surface area contributed by atoms with Crippen molar-refractivity contribution in [2.45, 2.75) is 57.5 Å². The van der Waals surface area contributed by atoms with Gasteiger partial charge in [-0.1, -0.05) is 12.1 Å². The SMILES string of the molecule is O=C(NC1C2CC3CC(C2)CC1C3)c1c(O)c2cccc3c2n(c1=O)CCC3. The smallest absolute Gasteiger partial charge is 0.267 e. The third-order valence-electron chi connectivity index (χ3n) is 7.92. The maximum Gasteiger partial charge on any atom is 0.267 e. The molecule has 4 aliphatic carbocycles. The van der Waals surface area contributed by atoms with Crippen molar-refractivity contribution in [1.29, 1.82) is 0 Å². The number of para-hydroxylation sites is 1. The van der Waals surface area contributed by atoms with Crippen molar-refractivity contribution in [2.24, 2.45) is 23.7 Å². The summed E-state index contributed by atoms with van der Waals surface area (Å²) in [7, 11) is 0. The Morgan fingerprint density at radius 3 is 2.50 bits per heavy atom. The Hall–Kier alpha value is -2.30. The molecule has 5 aliphatic rings. The van der Waals surface area contributed by atoms with Crippen molar-refractivity contribution in [1.82, 2.24) is 9.88 Å². The van der Waals surface area contributed by atoms with E-state index in [2.05, 4.69) is 5.32 Å². The highest BCUT2D eigenvalue weighted by molar-refractivity contribution is 6.03. The number of benzene rings is 1. The van der Waals surface area contributed by atoms with Gasteiger partial charge in [0, 0.05) is 18.0 Å². The third kappa shape index (κ3) is 2.25. The number of aryl methyl sites for hydroxylation is 2. The minimum atomic E-state index is -0.387. The predicted octanol–water partition coefficient (Wildman–Crippen LogP) is 3.21. The average molecular weight is 378 g/mol. The number of hydrogen-bond acceptors (Lipinski definition) is 3. The fourth-order valence-electron chi connectivity index (χ4n) is 7.01. The lowest BCUT2D eigenvalue weighted by Crippen LogP contribution is -2.56. The Bertz CT molecular complexity index is 1030. The molecule has 2 aromatic rings. The van der Waals surface area contributed by atoms with Gasteiger partial charge in [-0.3, -0.25) is 9.59 Å². The van der Waals surface area contributed by atoms with Crippen LogP contribution in [0.3, 0.4) is 0 Å². The zero-order valence-electron chi connectivity index (χ0n) is 16.0. The van der Waals surface area contributed by atoms with Crippen molar-refractivity contribution >= 4 is 16.8 Å². The van der Waals surface area contributed by atoms with Gasteiger partial charge < -0.3 is 15.0 Å². The van der Waals surface area contributed by atoms with Crippen LogP contribution < -0.4 is 10.9 Å². The molecule has 5 nitrogen and oxygen atoms in total. The monoisotopic (exact) mass is 378 g/mol. The molecule has 1 aromatic carbocycles. The minimum Gasteiger partial charge on any atom is -0.506 e. The zero-order valence-corrected chi connectivity index (χ0v) is 16.0. The lowest BCUT2D eigenvalue weighted by atomic mass is 9.54. The summed E-state index contributed by atoms with van der Waals surface area (Å²) in [5.41, 5.74) is 1.45. The molecule has 1 amide bonds. The first kappa shape index (κ1) is 16.6. The number of carbonyl (C=O) groups excluding carboxylic acids is 1. The Kier molecular flexibility index (Phi) is 3.48. The largest absolute Gasteiger partial charge is 0.506 e. The van der Waals surface area contributed by atoms with Gasteiger partial charge in [0.15, 0.2) is 0 Å². The summed E-state index contributed by atoms with van der Waals surface area (Å²) in [6.45, 7) is 0.602. The molecular weight excluding hydrogens is 352 g/mol. The molecule has 146 valence electrons. The Morgan fingerprint density at radius 2 is 1.79 bits per heavy atom. The molecule has 0 atom stereocenters. The van der Waals surface area contributed by atoms with Crippen LogP contribution in [0.4, 0.5) is 0 Å². The number of carbonyl (C=O) groups is 1. The van der Waals surface area contributed by atoms with Crippen LogP contribution >= 0.6 is 0 Å². The minimum absolute atomic E-state index is 0.0691. The van der Waals surface area contributed by atoms with E-state index in [9.17, 15) is 14.7 Å². The summed E-state index contributed by atoms with van der Waals surface area (Å²) in [6.07, 6.45) is 7.96. The van der Waals surface area contributed by atoms with Crippen molar-refractivity contribution < 1.29 is 9.90 Å². The van der Waals surface area contributed by atoms with E-state index in [1.807, 2.05) is 18.2 Å². The van der Waals surface area contributed by atoms with Crippen molar-refractivity contribution in [3.05, 3.63) is 39.7 Å². The summed E-state index contributed by atoms with van der Waals surface area (Å²) >= 11 is 0. The molecule has 0 unspecified atom stereocenters. The van der Waals surface area contributed by atoms with Gasteiger partial charge in [0.25, 0.3) is 11.5 Å². The lowest BCUT2D eigenvalue weighted by Gasteiger charge is -2.54. The van der Waals surface area contributed by atoms with Gasteiger partial charge in [-0.25, -0.2) is 0 Å². The highest BCUT2D eigenvalue weighted by Crippen LogP contribution is 2.53. The lowest BCUT2D eigenvalue weighted by molar-refractivity contribution is -0.0120. The standard InChI is InChI=1S/C23H26N2O3/c26-21-17-5-1-3-14-4-2-6-25(20(14)17)23(28)18(21)22(27)24-19-15-8-12-7-13(10-15)11-16(19)9-12/h1,3,5,12-13,15-16,19,26H,2,4,6-11H2,(H,24,27). The van der Waals surface area contributed by atoms with Crippen LogP contribution in [0.15, 0.2) is 23.0 Å². The molecule has 4 fully saturated rings. The van der Waals surface area contributed by atoms with Crippen LogP contribution in [0.25, 0.3) is 10.9 Å². The van der Waals surface area contributed by atoms with Crippen molar-refractivity contribution in [3.8, 4) is 5.75 Å². The molecule has 28 heavy (non-hydrogen) atoms. The van der Waals surface area contributed by atoms with E-state index in [4.69, 9.17) is 0 Å². The summed E-state index contributed by atoms with van der Waals surface area (Å²) in [6, 6.07) is 5.87. The first-order chi connectivity index (χ1) is 13.6.